The minimum absolute atomic E-state index is 0.220. The summed E-state index contributed by atoms with van der Waals surface area (Å²) in [6.07, 6.45) is 2.51. The quantitative estimate of drug-likeness (QED) is 0.803. The fourth-order valence-corrected chi connectivity index (χ4v) is 2.63. The number of hydrogen-bond donors (Lipinski definition) is 2. The zero-order chi connectivity index (χ0) is 13.1. The first-order valence-electron chi connectivity index (χ1n) is 6.49. The molecule has 3 N–H and O–H groups in total. The van der Waals surface area contributed by atoms with Crippen molar-refractivity contribution in [2.75, 3.05) is 36.8 Å². The van der Waals surface area contributed by atoms with Gasteiger partial charge in [0, 0.05) is 19.1 Å². The zero-order valence-corrected chi connectivity index (χ0v) is 11.0. The molecule has 18 heavy (non-hydrogen) atoms. The van der Waals surface area contributed by atoms with Gasteiger partial charge < -0.3 is 15.6 Å². The van der Waals surface area contributed by atoms with Crippen molar-refractivity contribution in [1.82, 2.24) is 14.9 Å². The van der Waals surface area contributed by atoms with E-state index in [1.54, 1.807) is 0 Å². The Hall–Kier alpha value is -1.56. The highest BCUT2D eigenvalue weighted by Crippen LogP contribution is 2.23. The van der Waals surface area contributed by atoms with Gasteiger partial charge in [0.2, 0.25) is 0 Å². The number of likely N-dealkylation sites (N-methyl/N-ethyl adjacent to an activating group) is 1. The number of nitrogen functional groups attached to an aromatic ring is 1. The van der Waals surface area contributed by atoms with Gasteiger partial charge in [-0.15, -0.1) is 0 Å². The molecule has 1 atom stereocenters. The molecule has 1 fully saturated rings. The zero-order valence-electron chi connectivity index (χ0n) is 11.0. The van der Waals surface area contributed by atoms with Crippen LogP contribution in [0.4, 0.5) is 11.5 Å². The number of nitrogens with two attached hydrogens (primary N) is 1. The molecule has 1 aliphatic rings. The van der Waals surface area contributed by atoms with Crippen LogP contribution in [0.15, 0.2) is 11.1 Å². The summed E-state index contributed by atoms with van der Waals surface area (Å²) in [5.41, 5.74) is 5.75. The molecule has 2 rings (SSSR count). The van der Waals surface area contributed by atoms with E-state index in [0.29, 0.717) is 11.9 Å². The standard InChI is InChI=1S/C12H21N5O/c1-3-16(4-2)9-5-6-17(7-9)11-10(13)12(18)15-8-14-11/h8-9H,3-7,13H2,1-2H3,(H,14,15,18). The third-order valence-corrected chi connectivity index (χ3v) is 3.66. The van der Waals surface area contributed by atoms with E-state index in [1.807, 2.05) is 0 Å². The predicted molar refractivity (Wildman–Crippen MR) is 72.8 cm³/mol. The van der Waals surface area contributed by atoms with E-state index in [9.17, 15) is 4.79 Å². The van der Waals surface area contributed by atoms with Crippen LogP contribution in [-0.2, 0) is 0 Å². The van der Waals surface area contributed by atoms with E-state index >= 15 is 0 Å². The normalized spacial score (nSPS) is 19.7. The summed E-state index contributed by atoms with van der Waals surface area (Å²) in [6, 6.07) is 0.528. The largest absolute Gasteiger partial charge is 0.391 e. The Morgan fingerprint density at radius 3 is 2.94 bits per heavy atom. The number of nitrogens with zero attached hydrogens (tertiary/aromatic N) is 3. The fourth-order valence-electron chi connectivity index (χ4n) is 2.63. The average Bonchev–Trinajstić information content (AvgIpc) is 2.84. The van der Waals surface area contributed by atoms with Crippen molar-refractivity contribution in [3.8, 4) is 0 Å². The minimum Gasteiger partial charge on any atom is -0.391 e. The maximum Gasteiger partial charge on any atom is 0.276 e. The summed E-state index contributed by atoms with van der Waals surface area (Å²) in [5.74, 6) is 0.619. The van der Waals surface area contributed by atoms with Gasteiger partial charge in [0.05, 0.1) is 6.33 Å². The van der Waals surface area contributed by atoms with Gasteiger partial charge in [-0.2, -0.15) is 0 Å². The van der Waals surface area contributed by atoms with Gasteiger partial charge in [-0.05, 0) is 19.5 Å². The summed E-state index contributed by atoms with van der Waals surface area (Å²) in [7, 11) is 0. The van der Waals surface area contributed by atoms with E-state index < -0.39 is 0 Å². The molecule has 1 unspecified atom stereocenters. The highest BCUT2D eigenvalue weighted by Gasteiger charge is 2.28. The molecular formula is C12H21N5O. The van der Waals surface area contributed by atoms with Crippen LogP contribution in [0.2, 0.25) is 0 Å². The Labute approximate surface area is 107 Å². The van der Waals surface area contributed by atoms with E-state index in [4.69, 9.17) is 5.73 Å². The molecule has 1 aromatic rings. The number of anilines is 2. The number of aromatic amines is 1. The Balaban J connectivity index is 2.13. The first kappa shape index (κ1) is 12.9. The van der Waals surface area contributed by atoms with Crippen molar-refractivity contribution in [3.05, 3.63) is 16.7 Å². The lowest BCUT2D eigenvalue weighted by Gasteiger charge is -2.26. The molecule has 0 saturated carbocycles. The number of hydrogen-bond acceptors (Lipinski definition) is 5. The van der Waals surface area contributed by atoms with Gasteiger partial charge >= 0.3 is 0 Å². The van der Waals surface area contributed by atoms with Gasteiger partial charge in [0.1, 0.15) is 5.69 Å². The molecule has 1 aromatic heterocycles. The van der Waals surface area contributed by atoms with E-state index in [-0.39, 0.29) is 11.2 Å². The first-order chi connectivity index (χ1) is 8.67. The van der Waals surface area contributed by atoms with Crippen LogP contribution in [-0.4, -0.2) is 47.1 Å². The second-order valence-corrected chi connectivity index (χ2v) is 4.58. The molecule has 0 aliphatic carbocycles. The summed E-state index contributed by atoms with van der Waals surface area (Å²) in [6.45, 7) is 8.24. The lowest BCUT2D eigenvalue weighted by atomic mass is 10.2. The number of nitrogens with one attached hydrogen (secondary N) is 1. The van der Waals surface area contributed by atoms with Crippen LogP contribution < -0.4 is 16.2 Å². The molecule has 0 radical (unpaired) electrons. The molecule has 0 aromatic carbocycles. The second-order valence-electron chi connectivity index (χ2n) is 4.58. The van der Waals surface area contributed by atoms with Gasteiger partial charge in [0.15, 0.2) is 5.82 Å². The molecule has 0 amide bonds. The third-order valence-electron chi connectivity index (χ3n) is 3.66. The molecule has 0 bridgehead atoms. The Morgan fingerprint density at radius 2 is 2.28 bits per heavy atom. The maximum atomic E-state index is 11.5. The summed E-state index contributed by atoms with van der Waals surface area (Å²) in [5, 5.41) is 0. The summed E-state index contributed by atoms with van der Waals surface area (Å²) in [4.78, 5) is 22.7. The van der Waals surface area contributed by atoms with Crippen LogP contribution in [0.25, 0.3) is 0 Å². The average molecular weight is 251 g/mol. The molecular weight excluding hydrogens is 230 g/mol. The maximum absolute atomic E-state index is 11.5. The Kier molecular flexibility index (Phi) is 3.86. The van der Waals surface area contributed by atoms with Crippen molar-refractivity contribution in [1.29, 1.82) is 0 Å². The number of rotatable bonds is 4. The molecule has 100 valence electrons. The predicted octanol–water partition coefficient (Wildman–Crippen LogP) is 0.273. The Morgan fingerprint density at radius 1 is 1.56 bits per heavy atom. The molecule has 6 nitrogen and oxygen atoms in total. The highest BCUT2D eigenvalue weighted by molar-refractivity contribution is 5.61. The topological polar surface area (TPSA) is 78.2 Å². The SMILES string of the molecule is CCN(CC)C1CCN(c2nc[nH]c(=O)c2N)C1. The van der Waals surface area contributed by atoms with E-state index in [1.165, 1.54) is 6.33 Å². The van der Waals surface area contributed by atoms with E-state index in [2.05, 4.69) is 33.6 Å². The lowest BCUT2D eigenvalue weighted by Crippen LogP contribution is -2.37. The monoisotopic (exact) mass is 251 g/mol. The molecule has 6 heteroatoms. The number of aromatic nitrogens is 2. The fraction of sp³-hybridized carbons (Fsp3) is 0.667. The van der Waals surface area contributed by atoms with Crippen LogP contribution in [0.3, 0.4) is 0 Å². The van der Waals surface area contributed by atoms with Crippen molar-refractivity contribution in [3.63, 3.8) is 0 Å². The number of H-pyrrole nitrogens is 1. The van der Waals surface area contributed by atoms with Gasteiger partial charge in [0.25, 0.3) is 5.56 Å². The highest BCUT2D eigenvalue weighted by atomic mass is 16.1. The first-order valence-corrected chi connectivity index (χ1v) is 6.49. The van der Waals surface area contributed by atoms with Crippen LogP contribution in [0.5, 0.6) is 0 Å². The van der Waals surface area contributed by atoms with E-state index in [0.717, 1.165) is 32.6 Å². The van der Waals surface area contributed by atoms with Crippen molar-refractivity contribution in [2.24, 2.45) is 0 Å². The van der Waals surface area contributed by atoms with Crippen molar-refractivity contribution in [2.45, 2.75) is 26.3 Å². The Bertz CT molecular complexity index is 454. The van der Waals surface area contributed by atoms with Crippen molar-refractivity contribution >= 4 is 11.5 Å². The summed E-state index contributed by atoms with van der Waals surface area (Å²) < 4.78 is 0. The van der Waals surface area contributed by atoms with Gasteiger partial charge in [-0.3, -0.25) is 9.69 Å². The second kappa shape index (κ2) is 5.39. The van der Waals surface area contributed by atoms with Gasteiger partial charge in [-0.25, -0.2) is 4.98 Å². The third kappa shape index (κ3) is 2.33. The lowest BCUT2D eigenvalue weighted by molar-refractivity contribution is 0.232. The van der Waals surface area contributed by atoms with Gasteiger partial charge in [-0.1, -0.05) is 13.8 Å². The minimum atomic E-state index is -0.258. The van der Waals surface area contributed by atoms with Crippen LogP contribution in [0, 0.1) is 0 Å². The molecule has 1 aliphatic heterocycles. The molecule has 0 spiro atoms. The molecule has 2 heterocycles. The van der Waals surface area contributed by atoms with Crippen molar-refractivity contribution < 1.29 is 0 Å². The molecule has 1 saturated heterocycles. The summed E-state index contributed by atoms with van der Waals surface area (Å²) >= 11 is 0. The smallest absolute Gasteiger partial charge is 0.276 e. The van der Waals surface area contributed by atoms with Crippen LogP contribution >= 0.6 is 0 Å². The van der Waals surface area contributed by atoms with Crippen LogP contribution in [0.1, 0.15) is 20.3 Å².